The van der Waals surface area contributed by atoms with Gasteiger partial charge in [0.25, 0.3) is 0 Å². The van der Waals surface area contributed by atoms with E-state index in [-0.39, 0.29) is 5.91 Å². The van der Waals surface area contributed by atoms with Crippen LogP contribution < -0.4 is 5.32 Å². The molecule has 3 heteroatoms. The van der Waals surface area contributed by atoms with E-state index in [2.05, 4.69) is 18.8 Å². The van der Waals surface area contributed by atoms with Gasteiger partial charge in [-0.2, -0.15) is 0 Å². The van der Waals surface area contributed by atoms with Gasteiger partial charge in [-0.25, -0.2) is 0 Å². The molecule has 1 amide bonds. The average Bonchev–Trinajstić information content (AvgIpc) is 2.21. The molecule has 0 aromatic carbocycles. The van der Waals surface area contributed by atoms with Crippen LogP contribution in [0, 0.1) is 0 Å². The summed E-state index contributed by atoms with van der Waals surface area (Å²) in [6, 6.07) is 0. The lowest BCUT2D eigenvalue weighted by molar-refractivity contribution is -0.118. The molecular weight excluding hydrogens is 178 g/mol. The van der Waals surface area contributed by atoms with Crippen LogP contribution in [-0.2, 0) is 9.53 Å². The van der Waals surface area contributed by atoms with Gasteiger partial charge in [0, 0.05) is 6.61 Å². The zero-order chi connectivity index (χ0) is 10.6. The largest absolute Gasteiger partial charge is 0.361 e. The first-order chi connectivity index (χ1) is 6.81. The Morgan fingerprint density at radius 1 is 1.36 bits per heavy atom. The Bertz CT molecular complexity index is 157. The number of unbranched alkanes of at least 4 members (excludes halogenated alkanes) is 4. The van der Waals surface area contributed by atoms with Crippen LogP contribution in [0.4, 0.5) is 0 Å². The third kappa shape index (κ3) is 9.26. The predicted octanol–water partition coefficient (Wildman–Crippen LogP) is 2.23. The summed E-state index contributed by atoms with van der Waals surface area (Å²) in [7, 11) is 0. The summed E-state index contributed by atoms with van der Waals surface area (Å²) in [6.07, 6.45) is 7.36. The molecule has 0 fully saturated rings. The van der Waals surface area contributed by atoms with Crippen molar-refractivity contribution >= 4 is 5.91 Å². The topological polar surface area (TPSA) is 38.3 Å². The molecule has 0 radical (unpaired) electrons. The van der Waals surface area contributed by atoms with Crippen molar-refractivity contribution < 1.29 is 9.53 Å². The molecule has 3 nitrogen and oxygen atoms in total. The summed E-state index contributed by atoms with van der Waals surface area (Å²) in [6.45, 7) is 6.55. The Morgan fingerprint density at radius 2 is 2.07 bits per heavy atom. The number of nitrogens with one attached hydrogen (secondary N) is 1. The van der Waals surface area contributed by atoms with Crippen LogP contribution in [0.3, 0.4) is 0 Å². The number of rotatable bonds is 9. The van der Waals surface area contributed by atoms with E-state index in [0.29, 0.717) is 6.73 Å². The monoisotopic (exact) mass is 199 g/mol. The number of ether oxygens (including phenoxy) is 1. The van der Waals surface area contributed by atoms with Gasteiger partial charge in [-0.05, 0) is 12.5 Å². The van der Waals surface area contributed by atoms with Crippen LogP contribution in [0.1, 0.15) is 39.0 Å². The molecule has 82 valence electrons. The molecule has 0 atom stereocenters. The summed E-state index contributed by atoms with van der Waals surface area (Å²) in [5.41, 5.74) is 0. The van der Waals surface area contributed by atoms with Gasteiger partial charge in [0.05, 0.1) is 0 Å². The van der Waals surface area contributed by atoms with E-state index in [0.717, 1.165) is 13.0 Å². The average molecular weight is 199 g/mol. The fourth-order valence-corrected chi connectivity index (χ4v) is 1.07. The van der Waals surface area contributed by atoms with Gasteiger partial charge in [-0.15, -0.1) is 0 Å². The van der Waals surface area contributed by atoms with Crippen molar-refractivity contribution in [1.82, 2.24) is 5.32 Å². The number of hydrogen-bond acceptors (Lipinski definition) is 2. The van der Waals surface area contributed by atoms with Gasteiger partial charge < -0.3 is 10.1 Å². The highest BCUT2D eigenvalue weighted by Crippen LogP contribution is 2.01. The first-order valence-electron chi connectivity index (χ1n) is 5.29. The van der Waals surface area contributed by atoms with Crippen molar-refractivity contribution in [3.05, 3.63) is 12.7 Å². The van der Waals surface area contributed by atoms with Crippen LogP contribution in [0.15, 0.2) is 12.7 Å². The van der Waals surface area contributed by atoms with E-state index in [1.165, 1.54) is 31.8 Å². The smallest absolute Gasteiger partial charge is 0.245 e. The Labute approximate surface area is 86.5 Å². The standard InChI is InChI=1S/C11H21NO2/c1-3-5-6-7-8-9-14-10-12-11(13)4-2/h4H,2-3,5-10H2,1H3,(H,12,13). The zero-order valence-corrected chi connectivity index (χ0v) is 9.05. The minimum Gasteiger partial charge on any atom is -0.361 e. The van der Waals surface area contributed by atoms with Gasteiger partial charge in [-0.1, -0.05) is 39.2 Å². The minimum absolute atomic E-state index is 0.184. The molecule has 0 bridgehead atoms. The Hall–Kier alpha value is -0.830. The van der Waals surface area contributed by atoms with Crippen LogP contribution in [0.2, 0.25) is 0 Å². The van der Waals surface area contributed by atoms with Gasteiger partial charge in [0.1, 0.15) is 6.73 Å². The lowest BCUT2D eigenvalue weighted by Gasteiger charge is -2.04. The third-order valence-corrected chi connectivity index (χ3v) is 1.93. The number of carbonyl (C=O) groups is 1. The molecule has 0 aromatic rings. The first-order valence-corrected chi connectivity index (χ1v) is 5.29. The van der Waals surface area contributed by atoms with Crippen molar-refractivity contribution in [2.45, 2.75) is 39.0 Å². The number of hydrogen-bond donors (Lipinski definition) is 1. The van der Waals surface area contributed by atoms with E-state index >= 15 is 0 Å². The Balaban J connectivity index is 2.99. The van der Waals surface area contributed by atoms with Gasteiger partial charge in [-0.3, -0.25) is 4.79 Å². The highest BCUT2D eigenvalue weighted by atomic mass is 16.5. The Kier molecular flexibility index (Phi) is 9.64. The molecule has 0 heterocycles. The fourth-order valence-electron chi connectivity index (χ4n) is 1.07. The molecule has 0 spiro atoms. The van der Waals surface area contributed by atoms with E-state index in [1.807, 2.05) is 0 Å². The van der Waals surface area contributed by atoms with E-state index in [1.54, 1.807) is 0 Å². The summed E-state index contributed by atoms with van der Waals surface area (Å²) >= 11 is 0. The molecule has 14 heavy (non-hydrogen) atoms. The minimum atomic E-state index is -0.184. The first kappa shape index (κ1) is 13.2. The molecule has 0 aromatic heterocycles. The van der Waals surface area contributed by atoms with Crippen LogP contribution >= 0.6 is 0 Å². The quantitative estimate of drug-likeness (QED) is 0.351. The van der Waals surface area contributed by atoms with Gasteiger partial charge in [0.2, 0.25) is 5.91 Å². The molecule has 0 aliphatic rings. The maximum atomic E-state index is 10.7. The van der Waals surface area contributed by atoms with E-state index in [4.69, 9.17) is 4.74 Å². The van der Waals surface area contributed by atoms with E-state index in [9.17, 15) is 4.79 Å². The van der Waals surface area contributed by atoms with Crippen LogP contribution in [0.5, 0.6) is 0 Å². The summed E-state index contributed by atoms with van der Waals surface area (Å²) in [5.74, 6) is -0.184. The second-order valence-electron chi connectivity index (χ2n) is 3.21. The number of carbonyl (C=O) groups excluding carboxylic acids is 1. The van der Waals surface area contributed by atoms with Crippen LogP contribution in [0.25, 0.3) is 0 Å². The van der Waals surface area contributed by atoms with Crippen molar-refractivity contribution in [1.29, 1.82) is 0 Å². The summed E-state index contributed by atoms with van der Waals surface area (Å²) < 4.78 is 5.21. The SMILES string of the molecule is C=CC(=O)NCOCCCCCCC. The normalized spacial score (nSPS) is 9.79. The zero-order valence-electron chi connectivity index (χ0n) is 9.05. The Morgan fingerprint density at radius 3 is 2.71 bits per heavy atom. The molecule has 1 N–H and O–H groups in total. The van der Waals surface area contributed by atoms with Gasteiger partial charge in [0.15, 0.2) is 0 Å². The molecule has 0 unspecified atom stereocenters. The molecular formula is C11H21NO2. The molecule has 0 rings (SSSR count). The van der Waals surface area contributed by atoms with E-state index < -0.39 is 0 Å². The second-order valence-corrected chi connectivity index (χ2v) is 3.21. The fraction of sp³-hybridized carbons (Fsp3) is 0.727. The van der Waals surface area contributed by atoms with Crippen molar-refractivity contribution in [3.63, 3.8) is 0 Å². The highest BCUT2D eigenvalue weighted by Gasteiger charge is 1.92. The summed E-state index contributed by atoms with van der Waals surface area (Å²) in [4.78, 5) is 10.7. The molecule has 0 saturated heterocycles. The predicted molar refractivity (Wildman–Crippen MR) is 57.9 cm³/mol. The maximum Gasteiger partial charge on any atom is 0.245 e. The van der Waals surface area contributed by atoms with Crippen molar-refractivity contribution in [2.75, 3.05) is 13.3 Å². The maximum absolute atomic E-state index is 10.7. The second kappa shape index (κ2) is 10.3. The third-order valence-electron chi connectivity index (χ3n) is 1.93. The lowest BCUT2D eigenvalue weighted by Crippen LogP contribution is -2.24. The molecule has 0 aliphatic heterocycles. The van der Waals surface area contributed by atoms with Crippen molar-refractivity contribution in [3.8, 4) is 0 Å². The number of amides is 1. The van der Waals surface area contributed by atoms with Gasteiger partial charge >= 0.3 is 0 Å². The molecule has 0 saturated carbocycles. The van der Waals surface area contributed by atoms with Crippen LogP contribution in [-0.4, -0.2) is 19.2 Å². The lowest BCUT2D eigenvalue weighted by atomic mass is 10.2. The summed E-state index contributed by atoms with van der Waals surface area (Å²) in [5, 5.41) is 2.56. The molecule has 0 aliphatic carbocycles. The van der Waals surface area contributed by atoms with Crippen molar-refractivity contribution in [2.24, 2.45) is 0 Å². The highest BCUT2D eigenvalue weighted by molar-refractivity contribution is 5.86.